The highest BCUT2D eigenvalue weighted by Gasteiger charge is 2.28. The quantitative estimate of drug-likeness (QED) is 0.385. The topological polar surface area (TPSA) is 113 Å². The van der Waals surface area contributed by atoms with E-state index in [1.165, 1.54) is 0 Å². The summed E-state index contributed by atoms with van der Waals surface area (Å²) in [5.41, 5.74) is 10.2. The molecule has 1 heterocycles. The molecule has 1 aromatic heterocycles. The van der Waals surface area contributed by atoms with E-state index in [0.29, 0.717) is 51.0 Å². The number of furan rings is 1. The summed E-state index contributed by atoms with van der Waals surface area (Å²) in [6.45, 7) is 1.75. The van der Waals surface area contributed by atoms with Gasteiger partial charge in [0.25, 0.3) is 11.8 Å². The lowest BCUT2D eigenvalue weighted by Crippen LogP contribution is -2.41. The zero-order chi connectivity index (χ0) is 24.2. The lowest BCUT2D eigenvalue weighted by Gasteiger charge is -2.13. The van der Waals surface area contributed by atoms with Crippen LogP contribution in [-0.4, -0.2) is 23.4 Å². The van der Waals surface area contributed by atoms with Gasteiger partial charge in [0.1, 0.15) is 5.76 Å². The average molecular weight is 588 g/mol. The number of aryl methyl sites for hydroxylation is 1. The smallest absolute Gasteiger partial charge is 0.305 e. The Morgan fingerprint density at radius 3 is 2.35 bits per heavy atom. The standard InChI is InChI=1S/C24H20Br2N4O4/c1-13-20-18(27-29-23(32)16-5-2-3-6-17(16)26)7-4-8-19(20)34-21(13)24(33)30-28-22(31)14-9-11-15(25)12-10-14/h2-3,5-6,9-12H,4,7-8H2,1H3,(H,28,31)(H,29,32)(H,30,33)/b27-18+. The molecule has 0 saturated carbocycles. The van der Waals surface area contributed by atoms with Crippen LogP contribution in [0.2, 0.25) is 0 Å². The van der Waals surface area contributed by atoms with E-state index in [-0.39, 0.29) is 11.7 Å². The zero-order valence-electron chi connectivity index (χ0n) is 18.1. The molecule has 1 aliphatic carbocycles. The van der Waals surface area contributed by atoms with Crippen LogP contribution in [0.3, 0.4) is 0 Å². The molecule has 0 spiro atoms. The normalized spacial score (nSPS) is 13.8. The summed E-state index contributed by atoms with van der Waals surface area (Å²) in [7, 11) is 0. The number of halogens is 2. The number of hydrogen-bond donors (Lipinski definition) is 3. The van der Waals surface area contributed by atoms with Crippen LogP contribution < -0.4 is 16.3 Å². The van der Waals surface area contributed by atoms with Crippen LogP contribution >= 0.6 is 31.9 Å². The van der Waals surface area contributed by atoms with Gasteiger partial charge in [0, 0.05) is 32.1 Å². The Morgan fingerprint density at radius 2 is 1.62 bits per heavy atom. The maximum absolute atomic E-state index is 12.7. The molecule has 8 nitrogen and oxygen atoms in total. The van der Waals surface area contributed by atoms with Crippen molar-refractivity contribution in [1.82, 2.24) is 16.3 Å². The summed E-state index contributed by atoms with van der Waals surface area (Å²) in [5, 5.41) is 4.33. The Morgan fingerprint density at radius 1 is 0.912 bits per heavy atom. The molecule has 3 aromatic rings. The third kappa shape index (κ3) is 5.13. The van der Waals surface area contributed by atoms with Crippen molar-refractivity contribution in [1.29, 1.82) is 0 Å². The van der Waals surface area contributed by atoms with Crippen molar-refractivity contribution < 1.29 is 18.8 Å². The number of hydrazone groups is 1. The minimum absolute atomic E-state index is 0.0906. The van der Waals surface area contributed by atoms with Crippen molar-refractivity contribution in [2.75, 3.05) is 0 Å². The van der Waals surface area contributed by atoms with Gasteiger partial charge in [-0.25, -0.2) is 5.43 Å². The summed E-state index contributed by atoms with van der Waals surface area (Å²) < 4.78 is 7.33. The molecule has 0 atom stereocenters. The Balaban J connectivity index is 1.48. The highest BCUT2D eigenvalue weighted by molar-refractivity contribution is 9.10. The van der Waals surface area contributed by atoms with Gasteiger partial charge >= 0.3 is 5.91 Å². The van der Waals surface area contributed by atoms with Gasteiger partial charge in [0.2, 0.25) is 0 Å². The van der Waals surface area contributed by atoms with Crippen LogP contribution in [0, 0.1) is 6.92 Å². The van der Waals surface area contributed by atoms with Crippen molar-refractivity contribution in [3.63, 3.8) is 0 Å². The predicted octanol–water partition coefficient (Wildman–Crippen LogP) is 4.66. The Bertz CT molecular complexity index is 1300. The van der Waals surface area contributed by atoms with E-state index in [0.717, 1.165) is 10.9 Å². The van der Waals surface area contributed by atoms with Crippen LogP contribution in [0.15, 0.2) is 67.0 Å². The molecule has 3 amide bonds. The molecule has 3 N–H and O–H groups in total. The first-order valence-electron chi connectivity index (χ1n) is 10.5. The highest BCUT2D eigenvalue weighted by Crippen LogP contribution is 2.30. The predicted molar refractivity (Wildman–Crippen MR) is 134 cm³/mol. The molecule has 0 radical (unpaired) electrons. The molecular weight excluding hydrogens is 568 g/mol. The number of hydrazine groups is 1. The third-order valence-corrected chi connectivity index (χ3v) is 6.56. The second-order valence-electron chi connectivity index (χ2n) is 7.60. The lowest BCUT2D eigenvalue weighted by molar-refractivity contribution is 0.0829. The Kier molecular flexibility index (Phi) is 7.28. The fraction of sp³-hybridized carbons (Fsp3) is 0.167. The molecule has 4 rings (SSSR count). The minimum atomic E-state index is -0.575. The van der Waals surface area contributed by atoms with E-state index in [1.54, 1.807) is 49.4 Å². The summed E-state index contributed by atoms with van der Waals surface area (Å²) in [4.78, 5) is 37.5. The minimum Gasteiger partial charge on any atom is -0.455 e. The number of carbonyl (C=O) groups excluding carboxylic acids is 3. The lowest BCUT2D eigenvalue weighted by atomic mass is 9.93. The number of nitrogens with zero attached hydrogens (tertiary/aromatic N) is 1. The highest BCUT2D eigenvalue weighted by atomic mass is 79.9. The van der Waals surface area contributed by atoms with Gasteiger partial charge in [-0.05, 0) is 72.1 Å². The van der Waals surface area contributed by atoms with Gasteiger partial charge in [0.15, 0.2) is 5.76 Å². The van der Waals surface area contributed by atoms with Crippen molar-refractivity contribution in [2.24, 2.45) is 5.10 Å². The van der Waals surface area contributed by atoms with Crippen molar-refractivity contribution in [3.05, 3.63) is 91.3 Å². The number of amides is 3. The van der Waals surface area contributed by atoms with Gasteiger partial charge in [-0.3, -0.25) is 25.2 Å². The molecule has 0 bridgehead atoms. The van der Waals surface area contributed by atoms with E-state index < -0.39 is 11.8 Å². The molecule has 2 aromatic carbocycles. The molecular formula is C24H20Br2N4O4. The number of rotatable bonds is 4. The monoisotopic (exact) mass is 586 g/mol. The van der Waals surface area contributed by atoms with Gasteiger partial charge in [-0.1, -0.05) is 28.1 Å². The summed E-state index contributed by atoms with van der Waals surface area (Å²) in [6.07, 6.45) is 2.04. The van der Waals surface area contributed by atoms with Crippen LogP contribution in [0.4, 0.5) is 0 Å². The fourth-order valence-corrected chi connectivity index (χ4v) is 4.39. The van der Waals surface area contributed by atoms with Gasteiger partial charge in [-0.15, -0.1) is 0 Å². The summed E-state index contributed by atoms with van der Waals surface area (Å²) >= 11 is 6.67. The maximum atomic E-state index is 12.7. The first-order valence-corrected chi connectivity index (χ1v) is 12.0. The first-order chi connectivity index (χ1) is 16.3. The van der Waals surface area contributed by atoms with E-state index in [2.05, 4.69) is 53.2 Å². The molecule has 174 valence electrons. The number of benzene rings is 2. The second-order valence-corrected chi connectivity index (χ2v) is 9.37. The van der Waals surface area contributed by atoms with E-state index in [4.69, 9.17) is 4.42 Å². The van der Waals surface area contributed by atoms with Crippen molar-refractivity contribution in [2.45, 2.75) is 26.2 Å². The Labute approximate surface area is 212 Å². The van der Waals surface area contributed by atoms with Crippen LogP contribution in [0.1, 0.15) is 61.0 Å². The molecule has 1 aliphatic rings. The van der Waals surface area contributed by atoms with E-state index in [9.17, 15) is 14.4 Å². The van der Waals surface area contributed by atoms with Gasteiger partial charge in [-0.2, -0.15) is 5.10 Å². The number of carbonyl (C=O) groups is 3. The zero-order valence-corrected chi connectivity index (χ0v) is 21.2. The number of hydrogen-bond acceptors (Lipinski definition) is 5. The first kappa shape index (κ1) is 23.9. The summed E-state index contributed by atoms with van der Waals surface area (Å²) in [6, 6.07) is 13.8. The van der Waals surface area contributed by atoms with Crippen LogP contribution in [0.25, 0.3) is 0 Å². The molecule has 0 fully saturated rings. The third-order valence-electron chi connectivity index (χ3n) is 5.34. The average Bonchev–Trinajstić information content (AvgIpc) is 3.18. The van der Waals surface area contributed by atoms with E-state index in [1.807, 2.05) is 6.07 Å². The van der Waals surface area contributed by atoms with E-state index >= 15 is 0 Å². The van der Waals surface area contributed by atoms with Crippen LogP contribution in [0.5, 0.6) is 0 Å². The molecule has 0 aliphatic heterocycles. The molecule has 10 heteroatoms. The van der Waals surface area contributed by atoms with Gasteiger partial charge in [0.05, 0.1) is 11.3 Å². The molecule has 34 heavy (non-hydrogen) atoms. The molecule has 0 unspecified atom stereocenters. The second kappa shape index (κ2) is 10.4. The largest absolute Gasteiger partial charge is 0.455 e. The maximum Gasteiger partial charge on any atom is 0.305 e. The molecule has 0 saturated heterocycles. The fourth-order valence-electron chi connectivity index (χ4n) is 3.66. The number of nitrogens with one attached hydrogen (secondary N) is 3. The van der Waals surface area contributed by atoms with Crippen molar-refractivity contribution in [3.8, 4) is 0 Å². The summed E-state index contributed by atoms with van der Waals surface area (Å²) in [5.74, 6) is -0.655. The number of fused-ring (bicyclic) bond motifs is 1. The SMILES string of the molecule is Cc1c(C(=O)NNC(=O)c2ccc(Br)cc2)oc2c1/C(=N/NC(=O)c1ccccc1Br)CCC2. The van der Waals surface area contributed by atoms with Gasteiger partial charge < -0.3 is 4.42 Å². The van der Waals surface area contributed by atoms with Crippen LogP contribution in [-0.2, 0) is 6.42 Å². The van der Waals surface area contributed by atoms with Crippen molar-refractivity contribution >= 4 is 55.3 Å². The Hall–Kier alpha value is -3.24.